The van der Waals surface area contributed by atoms with Gasteiger partial charge in [-0.15, -0.1) is 0 Å². The number of carbonyl (C=O) groups excluding carboxylic acids is 1. The first-order valence-corrected chi connectivity index (χ1v) is 8.46. The molecule has 0 aromatic carbocycles. The van der Waals surface area contributed by atoms with Crippen LogP contribution >= 0.6 is 0 Å². The van der Waals surface area contributed by atoms with Crippen LogP contribution in [0.2, 0.25) is 0 Å². The highest BCUT2D eigenvalue weighted by molar-refractivity contribution is 5.75. The van der Waals surface area contributed by atoms with Crippen LogP contribution in [0, 0.1) is 11.8 Å². The van der Waals surface area contributed by atoms with Crippen molar-refractivity contribution in [3.63, 3.8) is 0 Å². The fraction of sp³-hybridized carbons (Fsp3) is 0.941. The summed E-state index contributed by atoms with van der Waals surface area (Å²) in [6.07, 6.45) is 4.62. The van der Waals surface area contributed by atoms with E-state index < -0.39 is 0 Å². The molecule has 0 radical (unpaired) electrons. The van der Waals surface area contributed by atoms with Gasteiger partial charge < -0.3 is 14.8 Å². The summed E-state index contributed by atoms with van der Waals surface area (Å²) in [5.74, 6) is 1.32. The Hall–Kier alpha value is -0.610. The Morgan fingerprint density at radius 3 is 2.33 bits per heavy atom. The van der Waals surface area contributed by atoms with Crippen molar-refractivity contribution in [2.24, 2.45) is 11.8 Å². The average Bonchev–Trinajstić information content (AvgIpc) is 2.36. The summed E-state index contributed by atoms with van der Waals surface area (Å²) < 4.78 is 11.1. The zero-order chi connectivity index (χ0) is 15.8. The second kappa shape index (κ2) is 9.42. The topological polar surface area (TPSA) is 47.6 Å². The zero-order valence-electron chi connectivity index (χ0n) is 14.4. The predicted octanol–water partition coefficient (Wildman–Crippen LogP) is 3.15. The molecule has 1 aliphatic carbocycles. The van der Waals surface area contributed by atoms with E-state index in [1.165, 1.54) is 6.42 Å². The minimum absolute atomic E-state index is 0.166. The number of hydrogen-bond donors (Lipinski definition) is 1. The van der Waals surface area contributed by atoms with Gasteiger partial charge in [0.25, 0.3) is 0 Å². The van der Waals surface area contributed by atoms with Gasteiger partial charge in [0.1, 0.15) is 6.04 Å². The highest BCUT2D eigenvalue weighted by atomic mass is 16.5. The lowest BCUT2D eigenvalue weighted by Crippen LogP contribution is -2.43. The van der Waals surface area contributed by atoms with Crippen molar-refractivity contribution in [1.29, 1.82) is 0 Å². The number of nitrogens with one attached hydrogen (secondary N) is 1. The van der Waals surface area contributed by atoms with E-state index >= 15 is 0 Å². The fourth-order valence-corrected chi connectivity index (χ4v) is 3.28. The predicted molar refractivity (Wildman–Crippen MR) is 85.2 cm³/mol. The van der Waals surface area contributed by atoms with E-state index in [0.29, 0.717) is 25.7 Å². The summed E-state index contributed by atoms with van der Waals surface area (Å²) in [5.41, 5.74) is 0. The summed E-state index contributed by atoms with van der Waals surface area (Å²) in [7, 11) is 0. The number of esters is 1. The Balaban J connectivity index is 2.36. The van der Waals surface area contributed by atoms with E-state index in [0.717, 1.165) is 24.7 Å². The van der Waals surface area contributed by atoms with Gasteiger partial charge in [-0.3, -0.25) is 4.79 Å². The monoisotopic (exact) mass is 299 g/mol. The van der Waals surface area contributed by atoms with Crippen molar-refractivity contribution < 1.29 is 14.3 Å². The maximum Gasteiger partial charge on any atom is 0.323 e. The molecule has 3 unspecified atom stereocenters. The van der Waals surface area contributed by atoms with Crippen LogP contribution in [0.5, 0.6) is 0 Å². The van der Waals surface area contributed by atoms with Crippen LogP contribution in [-0.2, 0) is 14.3 Å². The largest absolute Gasteiger partial charge is 0.465 e. The van der Waals surface area contributed by atoms with Crippen molar-refractivity contribution in [2.75, 3.05) is 13.2 Å². The van der Waals surface area contributed by atoms with Crippen LogP contribution in [0.15, 0.2) is 0 Å². The molecular weight excluding hydrogens is 266 g/mol. The summed E-state index contributed by atoms with van der Waals surface area (Å²) >= 11 is 0. The van der Waals surface area contributed by atoms with E-state index in [-0.39, 0.29) is 18.1 Å². The first kappa shape index (κ1) is 18.4. The average molecular weight is 299 g/mol. The van der Waals surface area contributed by atoms with Crippen LogP contribution in [0.3, 0.4) is 0 Å². The molecule has 1 saturated carbocycles. The molecule has 4 nitrogen and oxygen atoms in total. The highest BCUT2D eigenvalue weighted by Gasteiger charge is 2.25. The lowest BCUT2D eigenvalue weighted by atomic mass is 9.82. The van der Waals surface area contributed by atoms with Crippen LogP contribution in [0.1, 0.15) is 60.3 Å². The highest BCUT2D eigenvalue weighted by Crippen LogP contribution is 2.30. The first-order valence-electron chi connectivity index (χ1n) is 8.46. The van der Waals surface area contributed by atoms with Gasteiger partial charge >= 0.3 is 5.97 Å². The number of carbonyl (C=O) groups is 1. The molecule has 0 heterocycles. The molecule has 1 aliphatic rings. The van der Waals surface area contributed by atoms with Gasteiger partial charge in [-0.1, -0.05) is 27.7 Å². The maximum absolute atomic E-state index is 11.9. The van der Waals surface area contributed by atoms with Crippen LogP contribution < -0.4 is 5.32 Å². The minimum atomic E-state index is -0.261. The molecular formula is C17H33NO3. The Labute approximate surface area is 130 Å². The normalized spacial score (nSPS) is 27.6. The van der Waals surface area contributed by atoms with Crippen LogP contribution in [0.25, 0.3) is 0 Å². The number of ether oxygens (including phenoxy) is 2. The molecule has 3 atom stereocenters. The van der Waals surface area contributed by atoms with Gasteiger partial charge in [0, 0.05) is 12.6 Å². The van der Waals surface area contributed by atoms with Gasteiger partial charge in [0.2, 0.25) is 0 Å². The summed E-state index contributed by atoms with van der Waals surface area (Å²) in [4.78, 5) is 11.9. The van der Waals surface area contributed by atoms with E-state index in [2.05, 4.69) is 19.2 Å². The molecule has 21 heavy (non-hydrogen) atoms. The van der Waals surface area contributed by atoms with Crippen LogP contribution in [-0.4, -0.2) is 37.4 Å². The van der Waals surface area contributed by atoms with Gasteiger partial charge in [0.05, 0.1) is 12.7 Å². The third-order valence-electron chi connectivity index (χ3n) is 4.00. The Morgan fingerprint density at radius 1 is 1.19 bits per heavy atom. The molecule has 0 aliphatic heterocycles. The van der Waals surface area contributed by atoms with Crippen molar-refractivity contribution in [3.8, 4) is 0 Å². The van der Waals surface area contributed by atoms with Crippen molar-refractivity contribution in [1.82, 2.24) is 5.32 Å². The molecule has 0 spiro atoms. The molecule has 124 valence electrons. The Kier molecular flexibility index (Phi) is 8.27. The molecule has 0 aromatic heterocycles. The number of rotatable bonds is 8. The van der Waals surface area contributed by atoms with Crippen molar-refractivity contribution in [2.45, 2.75) is 78.5 Å². The third-order valence-corrected chi connectivity index (χ3v) is 4.00. The quantitative estimate of drug-likeness (QED) is 0.699. The second-order valence-corrected chi connectivity index (χ2v) is 6.82. The van der Waals surface area contributed by atoms with E-state index in [4.69, 9.17) is 9.47 Å². The van der Waals surface area contributed by atoms with E-state index in [9.17, 15) is 4.79 Å². The van der Waals surface area contributed by atoms with E-state index in [1.807, 2.05) is 20.8 Å². The third kappa shape index (κ3) is 7.28. The Morgan fingerprint density at radius 2 is 1.81 bits per heavy atom. The fourth-order valence-electron chi connectivity index (χ4n) is 3.28. The molecule has 0 saturated heterocycles. The summed E-state index contributed by atoms with van der Waals surface area (Å²) in [5, 5.41) is 3.27. The SMILES string of the molecule is CCOC(=O)C(CCOC1CC(C)CC(C)C1)NC(C)C. The smallest absolute Gasteiger partial charge is 0.323 e. The van der Waals surface area contributed by atoms with Gasteiger partial charge in [-0.05, 0) is 44.4 Å². The summed E-state index contributed by atoms with van der Waals surface area (Å²) in [6, 6.07) is -0.00230. The molecule has 0 aromatic rings. The van der Waals surface area contributed by atoms with Gasteiger partial charge in [-0.2, -0.15) is 0 Å². The molecule has 0 amide bonds. The van der Waals surface area contributed by atoms with Gasteiger partial charge in [-0.25, -0.2) is 0 Å². The lowest BCUT2D eigenvalue weighted by molar-refractivity contribution is -0.146. The first-order chi connectivity index (χ1) is 9.92. The molecule has 4 heteroatoms. The standard InChI is InChI=1S/C17H33NO3/c1-6-20-17(19)16(18-12(2)3)7-8-21-15-10-13(4)9-14(5)11-15/h12-16,18H,6-11H2,1-5H3. The van der Waals surface area contributed by atoms with Crippen molar-refractivity contribution >= 4 is 5.97 Å². The molecule has 1 N–H and O–H groups in total. The van der Waals surface area contributed by atoms with Gasteiger partial charge in [0.15, 0.2) is 0 Å². The number of hydrogen-bond acceptors (Lipinski definition) is 4. The van der Waals surface area contributed by atoms with Crippen molar-refractivity contribution in [3.05, 3.63) is 0 Å². The van der Waals surface area contributed by atoms with E-state index in [1.54, 1.807) is 0 Å². The molecule has 1 fully saturated rings. The Bertz CT molecular complexity index is 296. The minimum Gasteiger partial charge on any atom is -0.465 e. The zero-order valence-corrected chi connectivity index (χ0v) is 14.4. The summed E-state index contributed by atoms with van der Waals surface area (Å²) in [6.45, 7) is 11.6. The molecule has 0 bridgehead atoms. The maximum atomic E-state index is 11.9. The lowest BCUT2D eigenvalue weighted by Gasteiger charge is -2.31. The second-order valence-electron chi connectivity index (χ2n) is 6.82. The molecule has 1 rings (SSSR count). The van der Waals surface area contributed by atoms with Crippen LogP contribution in [0.4, 0.5) is 0 Å².